The summed E-state index contributed by atoms with van der Waals surface area (Å²) in [5, 5.41) is 0. The number of aromatic nitrogens is 1. The molecule has 3 rings (SSSR count). The molecule has 4 nitrogen and oxygen atoms in total. The molecule has 0 unspecified atom stereocenters. The van der Waals surface area contributed by atoms with Gasteiger partial charge < -0.3 is 4.90 Å². The molecule has 1 amide bonds. The Morgan fingerprint density at radius 3 is 2.96 bits per heavy atom. The summed E-state index contributed by atoms with van der Waals surface area (Å²) in [6, 6.07) is 6.62. The standard InChI is InChI=1S/C20H29N3O/c1-22(16-18-9-4-5-12-21-18)19-10-6-13-23(14-11-19)20(24)15-17-7-2-3-8-17/h2,4-5,7,9,12,17,19H,3,6,8,10-11,13-16H2,1H3/t17-,19+/m0/s1. The fraction of sp³-hybridized carbons (Fsp3) is 0.600. The smallest absolute Gasteiger partial charge is 0.223 e. The number of carbonyl (C=O) groups excluding carboxylic acids is 1. The highest BCUT2D eigenvalue weighted by atomic mass is 16.2. The van der Waals surface area contributed by atoms with E-state index in [1.54, 1.807) is 0 Å². The minimum Gasteiger partial charge on any atom is -0.343 e. The summed E-state index contributed by atoms with van der Waals surface area (Å²) in [4.78, 5) is 21.5. The molecule has 2 aliphatic rings. The topological polar surface area (TPSA) is 36.4 Å². The number of likely N-dealkylation sites (tertiary alicyclic amines) is 1. The van der Waals surface area contributed by atoms with Gasteiger partial charge in [0.25, 0.3) is 0 Å². The Labute approximate surface area is 145 Å². The SMILES string of the molecule is CN(Cc1ccccn1)[C@@H]1CCCN(C(=O)C[C@H]2C=CCC2)CC1. The van der Waals surface area contributed by atoms with E-state index >= 15 is 0 Å². The van der Waals surface area contributed by atoms with Gasteiger partial charge in [-0.3, -0.25) is 14.7 Å². The van der Waals surface area contributed by atoms with Crippen molar-refractivity contribution in [3.05, 3.63) is 42.2 Å². The van der Waals surface area contributed by atoms with Crippen molar-refractivity contribution >= 4 is 5.91 Å². The summed E-state index contributed by atoms with van der Waals surface area (Å²) in [6.45, 7) is 2.70. The molecule has 0 radical (unpaired) electrons. The summed E-state index contributed by atoms with van der Waals surface area (Å²) in [6.07, 6.45) is 12.6. The normalized spacial score (nSPS) is 24.3. The number of nitrogens with zero attached hydrogens (tertiary/aromatic N) is 3. The van der Waals surface area contributed by atoms with E-state index in [1.165, 1.54) is 0 Å². The highest BCUT2D eigenvalue weighted by molar-refractivity contribution is 5.76. The highest BCUT2D eigenvalue weighted by Gasteiger charge is 2.24. The molecule has 0 N–H and O–H groups in total. The molecule has 1 aliphatic carbocycles. The third-order valence-corrected chi connectivity index (χ3v) is 5.36. The fourth-order valence-electron chi connectivity index (χ4n) is 3.86. The van der Waals surface area contributed by atoms with Crippen molar-refractivity contribution in [1.82, 2.24) is 14.8 Å². The molecule has 2 heterocycles. The lowest BCUT2D eigenvalue weighted by Crippen LogP contribution is -2.35. The molecule has 2 atom stereocenters. The number of rotatable bonds is 5. The van der Waals surface area contributed by atoms with Crippen LogP contribution in [0.3, 0.4) is 0 Å². The van der Waals surface area contributed by atoms with E-state index in [-0.39, 0.29) is 0 Å². The molecule has 4 heteroatoms. The maximum Gasteiger partial charge on any atom is 0.223 e. The van der Waals surface area contributed by atoms with Gasteiger partial charge in [-0.25, -0.2) is 0 Å². The lowest BCUT2D eigenvalue weighted by molar-refractivity contribution is -0.131. The largest absolute Gasteiger partial charge is 0.343 e. The Hall–Kier alpha value is -1.68. The van der Waals surface area contributed by atoms with Crippen LogP contribution in [0.2, 0.25) is 0 Å². The van der Waals surface area contributed by atoms with Crippen LogP contribution >= 0.6 is 0 Å². The molecule has 1 fully saturated rings. The van der Waals surface area contributed by atoms with Crippen LogP contribution in [0.15, 0.2) is 36.5 Å². The van der Waals surface area contributed by atoms with E-state index in [2.05, 4.69) is 40.0 Å². The molecule has 0 spiro atoms. The van der Waals surface area contributed by atoms with Crippen molar-refractivity contribution in [1.29, 1.82) is 0 Å². The van der Waals surface area contributed by atoms with Crippen LogP contribution in [0, 0.1) is 5.92 Å². The maximum atomic E-state index is 12.5. The minimum absolute atomic E-state index is 0.347. The van der Waals surface area contributed by atoms with Gasteiger partial charge in [0.15, 0.2) is 0 Å². The first-order chi connectivity index (χ1) is 11.7. The van der Waals surface area contributed by atoms with E-state index in [0.29, 0.717) is 24.3 Å². The van der Waals surface area contributed by atoms with Gasteiger partial charge in [0.05, 0.1) is 5.69 Å². The molecular formula is C20H29N3O. The third kappa shape index (κ3) is 4.67. The van der Waals surface area contributed by atoms with Crippen molar-refractivity contribution in [2.24, 2.45) is 5.92 Å². The lowest BCUT2D eigenvalue weighted by atomic mass is 10.0. The van der Waals surface area contributed by atoms with Gasteiger partial charge in [-0.05, 0) is 57.2 Å². The molecule has 1 aromatic heterocycles. The predicted molar refractivity (Wildman–Crippen MR) is 96.4 cm³/mol. The van der Waals surface area contributed by atoms with E-state index in [0.717, 1.165) is 57.4 Å². The monoisotopic (exact) mass is 327 g/mol. The van der Waals surface area contributed by atoms with Crippen LogP contribution in [-0.4, -0.2) is 46.9 Å². The molecule has 24 heavy (non-hydrogen) atoms. The second-order valence-corrected chi connectivity index (χ2v) is 7.17. The molecule has 0 aromatic carbocycles. The minimum atomic E-state index is 0.347. The summed E-state index contributed by atoms with van der Waals surface area (Å²) >= 11 is 0. The molecule has 1 saturated heterocycles. The van der Waals surface area contributed by atoms with Crippen LogP contribution in [0.4, 0.5) is 0 Å². The number of hydrogen-bond donors (Lipinski definition) is 0. The number of hydrogen-bond acceptors (Lipinski definition) is 3. The predicted octanol–water partition coefficient (Wildman–Crippen LogP) is 3.25. The quantitative estimate of drug-likeness (QED) is 0.779. The zero-order chi connectivity index (χ0) is 16.8. The van der Waals surface area contributed by atoms with Gasteiger partial charge in [-0.15, -0.1) is 0 Å². The van der Waals surface area contributed by atoms with Gasteiger partial charge in [-0.2, -0.15) is 0 Å². The summed E-state index contributed by atoms with van der Waals surface area (Å²) < 4.78 is 0. The Bertz CT molecular complexity index is 557. The summed E-state index contributed by atoms with van der Waals surface area (Å²) in [5.41, 5.74) is 1.12. The van der Waals surface area contributed by atoms with E-state index in [9.17, 15) is 4.79 Å². The number of amides is 1. The number of allylic oxidation sites excluding steroid dienone is 2. The van der Waals surface area contributed by atoms with Crippen molar-refractivity contribution in [2.75, 3.05) is 20.1 Å². The van der Waals surface area contributed by atoms with Crippen LogP contribution in [0.1, 0.15) is 44.2 Å². The van der Waals surface area contributed by atoms with E-state index in [1.807, 2.05) is 18.3 Å². The first kappa shape index (κ1) is 17.2. The van der Waals surface area contributed by atoms with E-state index in [4.69, 9.17) is 0 Å². The van der Waals surface area contributed by atoms with Gasteiger partial charge in [0.2, 0.25) is 5.91 Å². The average Bonchev–Trinajstić information content (AvgIpc) is 2.96. The molecular weight excluding hydrogens is 298 g/mol. The van der Waals surface area contributed by atoms with Crippen molar-refractivity contribution < 1.29 is 4.79 Å². The van der Waals surface area contributed by atoms with Gasteiger partial charge in [0, 0.05) is 38.3 Å². The van der Waals surface area contributed by atoms with Crippen molar-refractivity contribution in [2.45, 2.75) is 51.1 Å². The summed E-state index contributed by atoms with van der Waals surface area (Å²) in [5.74, 6) is 0.822. The molecule has 0 saturated carbocycles. The third-order valence-electron chi connectivity index (χ3n) is 5.36. The van der Waals surface area contributed by atoms with Crippen molar-refractivity contribution in [3.63, 3.8) is 0 Å². The van der Waals surface area contributed by atoms with Gasteiger partial charge in [-0.1, -0.05) is 18.2 Å². The Morgan fingerprint density at radius 2 is 2.21 bits per heavy atom. The average molecular weight is 327 g/mol. The van der Waals surface area contributed by atoms with Crippen LogP contribution < -0.4 is 0 Å². The van der Waals surface area contributed by atoms with Crippen LogP contribution in [0.5, 0.6) is 0 Å². The number of pyridine rings is 1. The highest BCUT2D eigenvalue weighted by Crippen LogP contribution is 2.23. The maximum absolute atomic E-state index is 12.5. The second kappa shape index (κ2) is 8.43. The molecule has 0 bridgehead atoms. The Morgan fingerprint density at radius 1 is 1.29 bits per heavy atom. The Balaban J connectivity index is 1.49. The summed E-state index contributed by atoms with van der Waals surface area (Å²) in [7, 11) is 2.18. The fourth-order valence-corrected chi connectivity index (χ4v) is 3.86. The van der Waals surface area contributed by atoms with Crippen molar-refractivity contribution in [3.8, 4) is 0 Å². The number of carbonyl (C=O) groups is 1. The first-order valence-electron chi connectivity index (χ1n) is 9.27. The lowest BCUT2D eigenvalue weighted by Gasteiger charge is -2.27. The molecule has 1 aromatic rings. The van der Waals surface area contributed by atoms with E-state index < -0.39 is 0 Å². The van der Waals surface area contributed by atoms with Gasteiger partial charge >= 0.3 is 0 Å². The Kier molecular flexibility index (Phi) is 6.02. The van der Waals surface area contributed by atoms with Gasteiger partial charge in [0.1, 0.15) is 0 Å². The first-order valence-corrected chi connectivity index (χ1v) is 9.27. The molecule has 1 aliphatic heterocycles. The van der Waals surface area contributed by atoms with Crippen LogP contribution in [0.25, 0.3) is 0 Å². The molecule has 130 valence electrons. The zero-order valence-electron chi connectivity index (χ0n) is 14.7. The zero-order valence-corrected chi connectivity index (χ0v) is 14.7. The second-order valence-electron chi connectivity index (χ2n) is 7.17. The van der Waals surface area contributed by atoms with Crippen LogP contribution in [-0.2, 0) is 11.3 Å².